The van der Waals surface area contributed by atoms with E-state index in [2.05, 4.69) is 10.2 Å². The summed E-state index contributed by atoms with van der Waals surface area (Å²) in [5.41, 5.74) is 0.489. The standard InChI is InChI=1S/C14H16ClFN4OS/c1-9-17-18-14(20(9)7-13(21)19(2)3)22-8-10-6-11(15)4-5-12(10)16/h4-6H,7-8H2,1-3H3. The molecule has 0 spiro atoms. The summed E-state index contributed by atoms with van der Waals surface area (Å²) in [6.45, 7) is 1.94. The molecule has 0 N–H and O–H groups in total. The lowest BCUT2D eigenvalue weighted by atomic mass is 10.2. The van der Waals surface area contributed by atoms with Crippen molar-refractivity contribution in [1.29, 1.82) is 0 Å². The van der Waals surface area contributed by atoms with E-state index in [1.165, 1.54) is 28.8 Å². The number of halogens is 2. The molecule has 1 aromatic carbocycles. The fourth-order valence-electron chi connectivity index (χ4n) is 1.72. The highest BCUT2D eigenvalue weighted by molar-refractivity contribution is 7.98. The molecule has 0 unspecified atom stereocenters. The minimum atomic E-state index is -0.316. The largest absolute Gasteiger partial charge is 0.347 e. The van der Waals surface area contributed by atoms with E-state index in [4.69, 9.17) is 11.6 Å². The molecule has 0 aliphatic heterocycles. The third-order valence-electron chi connectivity index (χ3n) is 3.06. The maximum atomic E-state index is 13.7. The molecule has 1 aromatic heterocycles. The van der Waals surface area contributed by atoms with Crippen LogP contribution in [0.15, 0.2) is 23.4 Å². The zero-order chi connectivity index (χ0) is 16.3. The van der Waals surface area contributed by atoms with Gasteiger partial charge in [0.1, 0.15) is 18.2 Å². The molecule has 1 heterocycles. The van der Waals surface area contributed by atoms with Crippen molar-refractivity contribution < 1.29 is 9.18 Å². The molecule has 0 radical (unpaired) electrons. The molecule has 22 heavy (non-hydrogen) atoms. The number of hydrogen-bond acceptors (Lipinski definition) is 4. The van der Waals surface area contributed by atoms with Crippen LogP contribution in [0.3, 0.4) is 0 Å². The van der Waals surface area contributed by atoms with E-state index in [1.807, 2.05) is 0 Å². The molecule has 5 nitrogen and oxygen atoms in total. The Labute approximate surface area is 137 Å². The smallest absolute Gasteiger partial charge is 0.242 e. The summed E-state index contributed by atoms with van der Waals surface area (Å²) in [6.07, 6.45) is 0. The monoisotopic (exact) mass is 342 g/mol. The van der Waals surface area contributed by atoms with Crippen LogP contribution in [-0.2, 0) is 17.1 Å². The highest BCUT2D eigenvalue weighted by Gasteiger charge is 2.15. The van der Waals surface area contributed by atoms with Gasteiger partial charge in [-0.05, 0) is 30.7 Å². The van der Waals surface area contributed by atoms with Crippen LogP contribution < -0.4 is 0 Å². The average molecular weight is 343 g/mol. The minimum Gasteiger partial charge on any atom is -0.347 e. The van der Waals surface area contributed by atoms with E-state index in [1.54, 1.807) is 31.7 Å². The van der Waals surface area contributed by atoms with Crippen LogP contribution in [0.4, 0.5) is 4.39 Å². The van der Waals surface area contributed by atoms with Gasteiger partial charge in [-0.25, -0.2) is 4.39 Å². The van der Waals surface area contributed by atoms with Crippen molar-refractivity contribution >= 4 is 29.3 Å². The van der Waals surface area contributed by atoms with Gasteiger partial charge < -0.3 is 4.90 Å². The maximum absolute atomic E-state index is 13.7. The molecule has 0 atom stereocenters. The van der Waals surface area contributed by atoms with E-state index in [9.17, 15) is 9.18 Å². The average Bonchev–Trinajstić information content (AvgIpc) is 2.81. The first kappa shape index (κ1) is 16.8. The second-order valence-corrected chi connectivity index (χ2v) is 6.31. The molecule has 8 heteroatoms. The van der Waals surface area contributed by atoms with Crippen molar-refractivity contribution in [3.8, 4) is 0 Å². The fraction of sp³-hybridized carbons (Fsp3) is 0.357. The molecule has 0 fully saturated rings. The zero-order valence-electron chi connectivity index (χ0n) is 12.5. The Morgan fingerprint density at radius 1 is 1.41 bits per heavy atom. The van der Waals surface area contributed by atoms with Crippen molar-refractivity contribution in [1.82, 2.24) is 19.7 Å². The highest BCUT2D eigenvalue weighted by atomic mass is 35.5. The molecule has 0 aliphatic rings. The molecule has 118 valence electrons. The number of hydrogen-bond donors (Lipinski definition) is 0. The molecule has 2 rings (SSSR count). The number of likely N-dealkylation sites (N-methyl/N-ethyl adjacent to an activating group) is 1. The van der Waals surface area contributed by atoms with Crippen molar-refractivity contribution in [3.63, 3.8) is 0 Å². The molecule has 0 saturated carbocycles. The topological polar surface area (TPSA) is 51.0 Å². The predicted octanol–water partition coefficient (Wildman–Crippen LogP) is 2.76. The van der Waals surface area contributed by atoms with E-state index in [0.29, 0.717) is 27.3 Å². The van der Waals surface area contributed by atoms with E-state index in [0.717, 1.165) is 0 Å². The number of nitrogens with zero attached hydrogens (tertiary/aromatic N) is 4. The van der Waals surface area contributed by atoms with Gasteiger partial charge in [0.2, 0.25) is 5.91 Å². The highest BCUT2D eigenvalue weighted by Crippen LogP contribution is 2.25. The predicted molar refractivity (Wildman–Crippen MR) is 84.4 cm³/mol. The zero-order valence-corrected chi connectivity index (χ0v) is 14.1. The Balaban J connectivity index is 2.13. The third kappa shape index (κ3) is 3.98. The van der Waals surface area contributed by atoms with Gasteiger partial charge in [-0.2, -0.15) is 0 Å². The van der Waals surface area contributed by atoms with Gasteiger partial charge in [-0.3, -0.25) is 9.36 Å². The lowest BCUT2D eigenvalue weighted by Crippen LogP contribution is -2.27. The number of aryl methyl sites for hydroxylation is 1. The Bertz CT molecular complexity index is 689. The van der Waals surface area contributed by atoms with Crippen molar-refractivity contribution in [2.45, 2.75) is 24.4 Å². The first-order valence-corrected chi connectivity index (χ1v) is 7.91. The van der Waals surface area contributed by atoms with Gasteiger partial charge >= 0.3 is 0 Å². The Morgan fingerprint density at radius 2 is 2.14 bits per heavy atom. The first-order valence-electron chi connectivity index (χ1n) is 6.55. The number of carbonyl (C=O) groups excluding carboxylic acids is 1. The van der Waals surface area contributed by atoms with Crippen molar-refractivity contribution in [2.75, 3.05) is 14.1 Å². The number of thioether (sulfide) groups is 1. The molecule has 2 aromatic rings. The summed E-state index contributed by atoms with van der Waals surface area (Å²) in [5, 5.41) is 9.09. The van der Waals surface area contributed by atoms with Gasteiger partial charge in [0.25, 0.3) is 0 Å². The van der Waals surface area contributed by atoms with Crippen molar-refractivity contribution in [2.24, 2.45) is 0 Å². The second-order valence-electron chi connectivity index (χ2n) is 4.93. The van der Waals surface area contributed by atoms with Crippen LogP contribution in [0.2, 0.25) is 5.02 Å². The van der Waals surface area contributed by atoms with E-state index in [-0.39, 0.29) is 18.3 Å². The normalized spacial score (nSPS) is 10.8. The first-order chi connectivity index (χ1) is 10.4. The molecule has 0 aliphatic carbocycles. The molecular weight excluding hydrogens is 327 g/mol. The summed E-state index contributed by atoms with van der Waals surface area (Å²) in [7, 11) is 3.38. The fourth-order valence-corrected chi connectivity index (χ4v) is 2.87. The number of benzene rings is 1. The lowest BCUT2D eigenvalue weighted by Gasteiger charge is -2.13. The maximum Gasteiger partial charge on any atom is 0.242 e. The van der Waals surface area contributed by atoms with Crippen LogP contribution in [0, 0.1) is 12.7 Å². The lowest BCUT2D eigenvalue weighted by molar-refractivity contribution is -0.129. The van der Waals surface area contributed by atoms with Crippen LogP contribution in [0.5, 0.6) is 0 Å². The Kier molecular flexibility index (Phi) is 5.42. The molecular formula is C14H16ClFN4OS. The van der Waals surface area contributed by atoms with Gasteiger partial charge in [0, 0.05) is 24.9 Å². The summed E-state index contributed by atoms with van der Waals surface area (Å²) in [4.78, 5) is 13.4. The van der Waals surface area contributed by atoms with E-state index >= 15 is 0 Å². The summed E-state index contributed by atoms with van der Waals surface area (Å²) in [6, 6.07) is 4.43. The van der Waals surface area contributed by atoms with Gasteiger partial charge in [0.15, 0.2) is 5.16 Å². The van der Waals surface area contributed by atoms with Crippen LogP contribution >= 0.6 is 23.4 Å². The summed E-state index contributed by atoms with van der Waals surface area (Å²) < 4.78 is 15.4. The number of amides is 1. The van der Waals surface area contributed by atoms with Crippen LogP contribution in [0.1, 0.15) is 11.4 Å². The Hall–Kier alpha value is -1.60. The van der Waals surface area contributed by atoms with Gasteiger partial charge in [-0.1, -0.05) is 23.4 Å². The number of aromatic nitrogens is 3. The summed E-state index contributed by atoms with van der Waals surface area (Å²) >= 11 is 7.20. The minimum absolute atomic E-state index is 0.0568. The SMILES string of the molecule is Cc1nnc(SCc2cc(Cl)ccc2F)n1CC(=O)N(C)C. The van der Waals surface area contributed by atoms with E-state index < -0.39 is 0 Å². The molecule has 0 bridgehead atoms. The van der Waals surface area contributed by atoms with Crippen LogP contribution in [-0.4, -0.2) is 39.7 Å². The van der Waals surface area contributed by atoms with Gasteiger partial charge in [0.05, 0.1) is 0 Å². The molecule has 1 amide bonds. The quantitative estimate of drug-likeness (QED) is 0.784. The second kappa shape index (κ2) is 7.11. The Morgan fingerprint density at radius 3 is 2.82 bits per heavy atom. The number of rotatable bonds is 5. The molecule has 0 saturated heterocycles. The summed E-state index contributed by atoms with van der Waals surface area (Å²) in [5.74, 6) is 0.632. The van der Waals surface area contributed by atoms with Crippen LogP contribution in [0.25, 0.3) is 0 Å². The van der Waals surface area contributed by atoms with Gasteiger partial charge in [-0.15, -0.1) is 10.2 Å². The number of carbonyl (C=O) groups is 1. The third-order valence-corrected chi connectivity index (χ3v) is 4.31. The van der Waals surface area contributed by atoms with Crippen molar-refractivity contribution in [3.05, 3.63) is 40.4 Å².